The van der Waals surface area contributed by atoms with Gasteiger partial charge in [-0.3, -0.25) is 4.98 Å². The summed E-state index contributed by atoms with van der Waals surface area (Å²) in [5, 5.41) is 1.45. The van der Waals surface area contributed by atoms with Gasteiger partial charge in [-0.25, -0.2) is 4.79 Å². The molecule has 0 saturated carbocycles. The fraction of sp³-hybridized carbons (Fsp3) is 0.200. The lowest BCUT2D eigenvalue weighted by molar-refractivity contribution is 0.361. The Balaban J connectivity index is 2.69. The zero-order valence-electron chi connectivity index (χ0n) is 11.4. The molecule has 0 aliphatic rings. The molecule has 0 N–H and O–H groups in total. The van der Waals surface area contributed by atoms with Crippen molar-refractivity contribution in [3.63, 3.8) is 0 Å². The van der Waals surface area contributed by atoms with Crippen molar-refractivity contribution in [1.82, 2.24) is 4.98 Å². The number of methoxy groups -OCH3 is 2. The summed E-state index contributed by atoms with van der Waals surface area (Å²) in [4.78, 5) is 15.9. The van der Waals surface area contributed by atoms with Crippen LogP contribution in [0.4, 0.5) is 0 Å². The third-order valence-corrected chi connectivity index (χ3v) is 3.29. The normalized spacial score (nSPS) is 10.9. The molecule has 0 bridgehead atoms. The van der Waals surface area contributed by atoms with Crippen molar-refractivity contribution in [3.8, 4) is 11.5 Å². The molecule has 0 unspecified atom stereocenters. The van der Waals surface area contributed by atoms with Crippen LogP contribution in [0.2, 0.25) is 0 Å². The minimum Gasteiger partial charge on any atom is -0.492 e. The molecular formula is C15H13NO4. The van der Waals surface area contributed by atoms with Crippen LogP contribution in [0, 0.1) is 6.92 Å². The van der Waals surface area contributed by atoms with Crippen LogP contribution in [0.15, 0.2) is 33.6 Å². The zero-order valence-corrected chi connectivity index (χ0v) is 11.4. The highest BCUT2D eigenvalue weighted by Crippen LogP contribution is 2.42. The summed E-state index contributed by atoms with van der Waals surface area (Å²) in [7, 11) is 3.11. The molecule has 0 atom stereocenters. The number of rotatable bonds is 2. The molecule has 3 aromatic rings. The first-order valence-electron chi connectivity index (χ1n) is 6.10. The van der Waals surface area contributed by atoms with Crippen LogP contribution in [-0.4, -0.2) is 19.2 Å². The van der Waals surface area contributed by atoms with Crippen molar-refractivity contribution in [3.05, 3.63) is 40.4 Å². The van der Waals surface area contributed by atoms with Crippen LogP contribution in [0.25, 0.3) is 21.9 Å². The summed E-state index contributed by atoms with van der Waals surface area (Å²) in [5.41, 5.74) is 1.63. The Kier molecular flexibility index (Phi) is 2.82. The van der Waals surface area contributed by atoms with Gasteiger partial charge >= 0.3 is 5.63 Å². The predicted molar refractivity (Wildman–Crippen MR) is 75.6 cm³/mol. The zero-order chi connectivity index (χ0) is 14.3. The number of fused-ring (bicyclic) bond motifs is 3. The van der Waals surface area contributed by atoms with Crippen molar-refractivity contribution in [1.29, 1.82) is 0 Å². The molecule has 5 nitrogen and oxygen atoms in total. The Bertz CT molecular complexity index is 867. The van der Waals surface area contributed by atoms with E-state index in [0.29, 0.717) is 28.0 Å². The van der Waals surface area contributed by atoms with Crippen molar-refractivity contribution in [2.45, 2.75) is 6.92 Å². The molecule has 3 rings (SSSR count). The number of pyridine rings is 1. The van der Waals surface area contributed by atoms with E-state index in [9.17, 15) is 4.79 Å². The standard InChI is InChI=1S/C15H13NO4/c1-8-6-7-16-12-11(8)13-9(4-5-10(17)20-13)14(18-2)15(12)19-3/h4-7H,1-3H3. The van der Waals surface area contributed by atoms with Gasteiger partial charge in [0.25, 0.3) is 0 Å². The number of hydrogen-bond donors (Lipinski definition) is 0. The SMILES string of the molecule is COc1c(OC)c2nccc(C)c2c2oc(=O)ccc12. The average molecular weight is 271 g/mol. The molecular weight excluding hydrogens is 258 g/mol. The van der Waals surface area contributed by atoms with Crippen molar-refractivity contribution in [2.75, 3.05) is 14.2 Å². The molecule has 2 heterocycles. The lowest BCUT2D eigenvalue weighted by atomic mass is 10.0. The molecule has 0 radical (unpaired) electrons. The summed E-state index contributed by atoms with van der Waals surface area (Å²) in [5.74, 6) is 1.05. The Morgan fingerprint density at radius 1 is 1.10 bits per heavy atom. The summed E-state index contributed by atoms with van der Waals surface area (Å²) in [6.45, 7) is 1.93. The molecule has 0 spiro atoms. The van der Waals surface area contributed by atoms with Crippen LogP contribution in [-0.2, 0) is 0 Å². The Morgan fingerprint density at radius 2 is 1.85 bits per heavy atom. The molecule has 0 aliphatic heterocycles. The summed E-state index contributed by atoms with van der Waals surface area (Å²) in [6.07, 6.45) is 1.69. The fourth-order valence-electron chi connectivity index (χ4n) is 2.42. The van der Waals surface area contributed by atoms with Gasteiger partial charge in [0.15, 0.2) is 17.1 Å². The van der Waals surface area contributed by atoms with E-state index in [0.717, 1.165) is 10.9 Å². The van der Waals surface area contributed by atoms with E-state index in [1.807, 2.05) is 13.0 Å². The maximum absolute atomic E-state index is 11.5. The third kappa shape index (κ3) is 1.63. The molecule has 5 heteroatoms. The van der Waals surface area contributed by atoms with E-state index < -0.39 is 5.63 Å². The fourth-order valence-corrected chi connectivity index (χ4v) is 2.42. The average Bonchev–Trinajstić information content (AvgIpc) is 2.45. The largest absolute Gasteiger partial charge is 0.492 e. The highest BCUT2D eigenvalue weighted by Gasteiger charge is 2.19. The molecule has 0 aliphatic carbocycles. The minimum atomic E-state index is -0.408. The molecule has 1 aromatic carbocycles. The smallest absolute Gasteiger partial charge is 0.336 e. The Labute approximate surface area is 114 Å². The molecule has 102 valence electrons. The first-order chi connectivity index (χ1) is 9.67. The van der Waals surface area contributed by atoms with E-state index >= 15 is 0 Å². The lowest BCUT2D eigenvalue weighted by Crippen LogP contribution is -2.00. The van der Waals surface area contributed by atoms with Crippen LogP contribution >= 0.6 is 0 Å². The summed E-state index contributed by atoms with van der Waals surface area (Å²) < 4.78 is 16.2. The molecule has 0 fully saturated rings. The topological polar surface area (TPSA) is 61.6 Å². The quantitative estimate of drug-likeness (QED) is 0.529. The number of ether oxygens (including phenoxy) is 2. The highest BCUT2D eigenvalue weighted by molar-refractivity contribution is 6.10. The number of aromatic nitrogens is 1. The van der Waals surface area contributed by atoms with Gasteiger partial charge in [-0.05, 0) is 24.6 Å². The number of nitrogens with zero attached hydrogens (tertiary/aromatic N) is 1. The van der Waals surface area contributed by atoms with Gasteiger partial charge in [0.05, 0.1) is 25.0 Å². The maximum atomic E-state index is 11.5. The summed E-state index contributed by atoms with van der Waals surface area (Å²) >= 11 is 0. The van der Waals surface area contributed by atoms with E-state index in [1.165, 1.54) is 6.07 Å². The first kappa shape index (κ1) is 12.5. The molecule has 0 saturated heterocycles. The van der Waals surface area contributed by atoms with E-state index in [-0.39, 0.29) is 0 Å². The molecule has 20 heavy (non-hydrogen) atoms. The van der Waals surface area contributed by atoms with Gasteiger partial charge in [-0.15, -0.1) is 0 Å². The van der Waals surface area contributed by atoms with E-state index in [4.69, 9.17) is 13.9 Å². The van der Waals surface area contributed by atoms with E-state index in [2.05, 4.69) is 4.98 Å². The first-order valence-corrected chi connectivity index (χ1v) is 6.10. The van der Waals surface area contributed by atoms with Gasteiger partial charge in [0.1, 0.15) is 5.52 Å². The Morgan fingerprint density at radius 3 is 2.55 bits per heavy atom. The van der Waals surface area contributed by atoms with Gasteiger partial charge in [0.2, 0.25) is 0 Å². The highest BCUT2D eigenvalue weighted by atomic mass is 16.5. The van der Waals surface area contributed by atoms with Crippen molar-refractivity contribution < 1.29 is 13.9 Å². The molecule has 2 aromatic heterocycles. The second kappa shape index (κ2) is 4.52. The van der Waals surface area contributed by atoms with Crippen LogP contribution in [0.1, 0.15) is 5.56 Å². The van der Waals surface area contributed by atoms with Gasteiger partial charge in [0, 0.05) is 12.3 Å². The van der Waals surface area contributed by atoms with Gasteiger partial charge in [-0.1, -0.05) is 0 Å². The number of hydrogen-bond acceptors (Lipinski definition) is 5. The Hall–Kier alpha value is -2.56. The van der Waals surface area contributed by atoms with Crippen LogP contribution < -0.4 is 15.1 Å². The van der Waals surface area contributed by atoms with Gasteiger partial charge < -0.3 is 13.9 Å². The summed E-state index contributed by atoms with van der Waals surface area (Å²) in [6, 6.07) is 4.90. The predicted octanol–water partition coefficient (Wildman–Crippen LogP) is 2.67. The maximum Gasteiger partial charge on any atom is 0.336 e. The number of aryl methyl sites for hydroxylation is 1. The minimum absolute atomic E-state index is 0.408. The van der Waals surface area contributed by atoms with Crippen molar-refractivity contribution in [2.24, 2.45) is 0 Å². The second-order valence-electron chi connectivity index (χ2n) is 4.42. The van der Waals surface area contributed by atoms with Gasteiger partial charge in [-0.2, -0.15) is 0 Å². The molecule has 0 amide bonds. The second-order valence-corrected chi connectivity index (χ2v) is 4.42. The number of benzene rings is 1. The van der Waals surface area contributed by atoms with Crippen molar-refractivity contribution >= 4 is 21.9 Å². The van der Waals surface area contributed by atoms with Crippen LogP contribution in [0.5, 0.6) is 11.5 Å². The lowest BCUT2D eigenvalue weighted by Gasteiger charge is -2.14. The third-order valence-electron chi connectivity index (χ3n) is 3.29. The van der Waals surface area contributed by atoms with Crippen LogP contribution in [0.3, 0.4) is 0 Å². The monoisotopic (exact) mass is 271 g/mol. The van der Waals surface area contributed by atoms with E-state index in [1.54, 1.807) is 26.5 Å².